The van der Waals surface area contributed by atoms with E-state index in [9.17, 15) is 14.9 Å². The van der Waals surface area contributed by atoms with Crippen LogP contribution in [0.15, 0.2) is 0 Å². The summed E-state index contributed by atoms with van der Waals surface area (Å²) in [6.07, 6.45) is -0.219. The summed E-state index contributed by atoms with van der Waals surface area (Å²) in [7, 11) is -0.735. The van der Waals surface area contributed by atoms with Gasteiger partial charge in [0.2, 0.25) is 0 Å². The topological polar surface area (TPSA) is 70.0 Å². The van der Waals surface area contributed by atoms with Crippen LogP contribution in [0.3, 0.4) is 0 Å². The van der Waals surface area contributed by atoms with Gasteiger partial charge in [0.15, 0.2) is 0 Å². The van der Waals surface area contributed by atoms with Gasteiger partial charge in [-0.05, 0) is 20.2 Å². The molecule has 0 bridgehead atoms. The second-order valence-electron chi connectivity index (χ2n) is 3.49. The molecule has 0 aliphatic carbocycles. The van der Waals surface area contributed by atoms with Gasteiger partial charge in [0, 0.05) is 6.54 Å². The lowest BCUT2D eigenvalue weighted by atomic mass is 9.84. The Hall–Kier alpha value is -0.585. The molecular formula is C8H16BNO4. The van der Waals surface area contributed by atoms with E-state index in [0.29, 0.717) is 19.6 Å². The minimum absolute atomic E-state index is 0.319. The summed E-state index contributed by atoms with van der Waals surface area (Å²) in [6.45, 7) is 3.94. The van der Waals surface area contributed by atoms with Crippen molar-refractivity contribution >= 4 is 13.0 Å². The van der Waals surface area contributed by atoms with Crippen molar-refractivity contribution in [1.82, 2.24) is 4.81 Å². The highest BCUT2D eigenvalue weighted by Gasteiger charge is 2.40. The fraction of sp³-hybridized carbons (Fsp3) is 0.875. The molecule has 0 aromatic carbocycles. The number of nitrogens with zero attached hydrogens (tertiary/aromatic N) is 1. The van der Waals surface area contributed by atoms with Crippen molar-refractivity contribution in [3.8, 4) is 0 Å². The molecule has 0 saturated carbocycles. The zero-order chi connectivity index (χ0) is 10.7. The van der Waals surface area contributed by atoms with Gasteiger partial charge in [0.05, 0.1) is 12.7 Å². The van der Waals surface area contributed by atoms with Gasteiger partial charge in [-0.1, -0.05) is 0 Å². The number of esters is 1. The van der Waals surface area contributed by atoms with Crippen molar-refractivity contribution in [2.24, 2.45) is 0 Å². The lowest BCUT2D eigenvalue weighted by molar-refractivity contribution is -0.147. The maximum atomic E-state index is 11.4. The number of hydrogen-bond donors (Lipinski definition) is 2. The third-order valence-electron chi connectivity index (χ3n) is 2.36. The molecular weight excluding hydrogens is 185 g/mol. The highest BCUT2D eigenvalue weighted by Crippen LogP contribution is 2.19. The van der Waals surface area contributed by atoms with E-state index in [0.717, 1.165) is 0 Å². The van der Waals surface area contributed by atoms with Crippen molar-refractivity contribution in [2.75, 3.05) is 13.2 Å². The molecule has 0 unspecified atom stereocenters. The van der Waals surface area contributed by atoms with Crippen LogP contribution in [0.5, 0.6) is 0 Å². The Labute approximate surface area is 83.8 Å². The largest absolute Gasteiger partial charge is 0.465 e. The molecule has 6 heteroatoms. The van der Waals surface area contributed by atoms with Gasteiger partial charge in [0.1, 0.15) is 6.04 Å². The van der Waals surface area contributed by atoms with E-state index < -0.39 is 19.2 Å². The molecule has 1 heterocycles. The fourth-order valence-corrected chi connectivity index (χ4v) is 1.72. The summed E-state index contributed by atoms with van der Waals surface area (Å²) in [5, 5.41) is 18.7. The van der Waals surface area contributed by atoms with E-state index >= 15 is 0 Å². The van der Waals surface area contributed by atoms with Crippen LogP contribution in [0, 0.1) is 0 Å². The Bertz CT molecular complexity index is 212. The van der Waals surface area contributed by atoms with Crippen LogP contribution in [-0.4, -0.2) is 53.3 Å². The smallest absolute Gasteiger partial charge is 0.377 e. The molecule has 2 atom stereocenters. The summed E-state index contributed by atoms with van der Waals surface area (Å²) in [5.41, 5.74) is 0. The molecule has 0 amide bonds. The Morgan fingerprint density at radius 1 is 1.71 bits per heavy atom. The van der Waals surface area contributed by atoms with E-state index in [2.05, 4.69) is 0 Å². The Morgan fingerprint density at radius 3 is 2.86 bits per heavy atom. The lowest BCUT2D eigenvalue weighted by Gasteiger charge is -2.22. The van der Waals surface area contributed by atoms with Crippen LogP contribution in [0.4, 0.5) is 0 Å². The van der Waals surface area contributed by atoms with Gasteiger partial charge in [-0.15, -0.1) is 0 Å². The number of rotatable bonds is 3. The average Bonchev–Trinajstić information content (AvgIpc) is 2.48. The van der Waals surface area contributed by atoms with Gasteiger partial charge in [-0.25, -0.2) is 0 Å². The summed E-state index contributed by atoms with van der Waals surface area (Å²) >= 11 is 0. The predicted octanol–water partition coefficient (Wildman–Crippen LogP) is -0.905. The number of carbonyl (C=O) groups is 1. The van der Waals surface area contributed by atoms with Crippen molar-refractivity contribution in [3.63, 3.8) is 0 Å². The van der Waals surface area contributed by atoms with E-state index in [-0.39, 0.29) is 5.97 Å². The van der Waals surface area contributed by atoms with Crippen molar-refractivity contribution in [1.29, 1.82) is 0 Å². The normalized spacial score (nSPS) is 27.7. The molecule has 1 aliphatic rings. The Morgan fingerprint density at radius 2 is 2.36 bits per heavy atom. The zero-order valence-corrected chi connectivity index (χ0v) is 8.51. The third kappa shape index (κ3) is 2.46. The highest BCUT2D eigenvalue weighted by atomic mass is 16.5. The van der Waals surface area contributed by atoms with Gasteiger partial charge < -0.3 is 19.7 Å². The zero-order valence-electron chi connectivity index (χ0n) is 8.51. The molecule has 0 radical (unpaired) electrons. The van der Waals surface area contributed by atoms with Gasteiger partial charge in [-0.3, -0.25) is 4.79 Å². The molecule has 1 saturated heterocycles. The Balaban J connectivity index is 2.61. The van der Waals surface area contributed by atoms with Crippen LogP contribution in [0.2, 0.25) is 6.82 Å². The van der Waals surface area contributed by atoms with E-state index in [1.54, 1.807) is 18.6 Å². The molecule has 1 fully saturated rings. The highest BCUT2D eigenvalue weighted by molar-refractivity contribution is 6.45. The van der Waals surface area contributed by atoms with E-state index in [1.165, 1.54) is 0 Å². The molecule has 1 rings (SSSR count). The maximum Gasteiger partial charge on any atom is 0.377 e. The molecule has 0 spiro atoms. The van der Waals surface area contributed by atoms with Crippen molar-refractivity contribution < 1.29 is 19.7 Å². The number of ether oxygens (including phenoxy) is 1. The van der Waals surface area contributed by atoms with Gasteiger partial charge >= 0.3 is 13.0 Å². The van der Waals surface area contributed by atoms with E-state index in [1.807, 2.05) is 0 Å². The first-order valence-electron chi connectivity index (χ1n) is 4.84. The minimum atomic E-state index is -0.735. The van der Waals surface area contributed by atoms with Crippen LogP contribution in [0.1, 0.15) is 13.3 Å². The first-order chi connectivity index (χ1) is 6.56. The number of hydrogen-bond acceptors (Lipinski definition) is 5. The SMILES string of the molecule is CCOC(=O)[C@@H]1C[C@@H](O)CN1B(C)O. The van der Waals surface area contributed by atoms with Crippen LogP contribution in [0.25, 0.3) is 0 Å². The number of carbonyl (C=O) groups excluding carboxylic acids is 1. The predicted molar refractivity (Wildman–Crippen MR) is 51.6 cm³/mol. The number of aliphatic hydroxyl groups excluding tert-OH is 1. The molecule has 0 aromatic heterocycles. The Kier molecular flexibility index (Phi) is 3.91. The fourth-order valence-electron chi connectivity index (χ4n) is 1.72. The van der Waals surface area contributed by atoms with Crippen LogP contribution < -0.4 is 0 Å². The quantitative estimate of drug-likeness (QED) is 0.457. The van der Waals surface area contributed by atoms with Gasteiger partial charge in [-0.2, -0.15) is 0 Å². The molecule has 1 aliphatic heterocycles. The molecule has 14 heavy (non-hydrogen) atoms. The molecule has 2 N–H and O–H groups in total. The van der Waals surface area contributed by atoms with Crippen LogP contribution in [-0.2, 0) is 9.53 Å². The number of β-amino-alcohol motifs (C(OH)–C–C–N with tert-alkyl or cyclic N) is 1. The second kappa shape index (κ2) is 4.77. The summed E-state index contributed by atoms with van der Waals surface area (Å²) in [5.74, 6) is -0.370. The summed E-state index contributed by atoms with van der Waals surface area (Å²) < 4.78 is 4.85. The monoisotopic (exact) mass is 201 g/mol. The first kappa shape index (κ1) is 11.5. The lowest BCUT2D eigenvalue weighted by Crippen LogP contribution is -2.45. The minimum Gasteiger partial charge on any atom is -0.465 e. The summed E-state index contributed by atoms with van der Waals surface area (Å²) in [6, 6.07) is -0.509. The van der Waals surface area contributed by atoms with Crippen molar-refractivity contribution in [2.45, 2.75) is 32.3 Å². The molecule has 0 aromatic rings. The van der Waals surface area contributed by atoms with Crippen molar-refractivity contribution in [3.05, 3.63) is 0 Å². The maximum absolute atomic E-state index is 11.4. The second-order valence-corrected chi connectivity index (χ2v) is 3.49. The third-order valence-corrected chi connectivity index (χ3v) is 2.36. The van der Waals surface area contributed by atoms with Gasteiger partial charge in [0.25, 0.3) is 0 Å². The molecule has 80 valence electrons. The average molecular weight is 201 g/mol. The first-order valence-corrected chi connectivity index (χ1v) is 4.84. The summed E-state index contributed by atoms with van der Waals surface area (Å²) in [4.78, 5) is 13.0. The van der Waals surface area contributed by atoms with E-state index in [4.69, 9.17) is 4.74 Å². The number of aliphatic hydroxyl groups is 1. The van der Waals surface area contributed by atoms with Crippen LogP contribution >= 0.6 is 0 Å². The molecule has 5 nitrogen and oxygen atoms in total. The standard InChI is InChI=1S/C8H16BNO4/c1-3-14-8(12)7-4-6(11)5-10(7)9(2)13/h6-7,11,13H,3-5H2,1-2H3/t6-,7+/m1/s1.